The Labute approximate surface area is 123 Å². The van der Waals surface area contributed by atoms with E-state index in [4.69, 9.17) is 0 Å². The molecule has 1 aromatic heterocycles. The van der Waals surface area contributed by atoms with Gasteiger partial charge in [0, 0.05) is 30.6 Å². The van der Waals surface area contributed by atoms with Crippen molar-refractivity contribution >= 4 is 17.2 Å². The van der Waals surface area contributed by atoms with Crippen molar-refractivity contribution in [2.24, 2.45) is 5.92 Å². The molecule has 0 N–H and O–H groups in total. The molecule has 2 aliphatic heterocycles. The van der Waals surface area contributed by atoms with Crippen LogP contribution < -0.4 is 0 Å². The van der Waals surface area contributed by atoms with Crippen LogP contribution in [0.25, 0.3) is 0 Å². The van der Waals surface area contributed by atoms with Gasteiger partial charge in [0.15, 0.2) is 0 Å². The summed E-state index contributed by atoms with van der Waals surface area (Å²) in [6, 6.07) is 0. The highest BCUT2D eigenvalue weighted by atomic mass is 32.1. The second-order valence-electron chi connectivity index (χ2n) is 6.57. The van der Waals surface area contributed by atoms with Crippen LogP contribution in [-0.2, 0) is 0 Å². The topological polar surface area (TPSA) is 36.4 Å². The predicted octanol–water partition coefficient (Wildman–Crippen LogP) is 2.23. The molecule has 1 unspecified atom stereocenters. The summed E-state index contributed by atoms with van der Waals surface area (Å²) in [6.07, 6.45) is 6.53. The lowest BCUT2D eigenvalue weighted by Gasteiger charge is -2.35. The number of likely N-dealkylation sites (tertiary alicyclic amines) is 2. The first kappa shape index (κ1) is 12.8. The van der Waals surface area contributed by atoms with Crippen molar-refractivity contribution in [2.75, 3.05) is 26.2 Å². The highest BCUT2D eigenvalue weighted by molar-refractivity contribution is 7.07. The van der Waals surface area contributed by atoms with Gasteiger partial charge in [-0.05, 0) is 44.6 Å². The van der Waals surface area contributed by atoms with Crippen molar-refractivity contribution < 1.29 is 4.79 Å². The molecule has 0 radical (unpaired) electrons. The molecule has 1 atom stereocenters. The van der Waals surface area contributed by atoms with Gasteiger partial charge in [-0.25, -0.2) is 4.98 Å². The summed E-state index contributed by atoms with van der Waals surface area (Å²) in [7, 11) is 0. The molecule has 4 rings (SSSR count). The number of aromatic nitrogens is 1. The highest BCUT2D eigenvalue weighted by Crippen LogP contribution is 2.41. The van der Waals surface area contributed by atoms with Crippen LogP contribution in [0.1, 0.15) is 42.6 Å². The van der Waals surface area contributed by atoms with Gasteiger partial charge in [-0.15, -0.1) is 11.3 Å². The molecule has 5 heteroatoms. The molecule has 0 bridgehead atoms. The number of carbonyl (C=O) groups is 1. The summed E-state index contributed by atoms with van der Waals surface area (Å²) in [5.74, 6) is 1.06. The van der Waals surface area contributed by atoms with Crippen molar-refractivity contribution in [2.45, 2.75) is 37.6 Å². The molecule has 2 saturated heterocycles. The third-order valence-corrected chi connectivity index (χ3v) is 5.77. The fourth-order valence-corrected chi connectivity index (χ4v) is 4.39. The first-order chi connectivity index (χ1) is 9.77. The molecular weight excluding hydrogens is 270 g/mol. The van der Waals surface area contributed by atoms with E-state index in [0.29, 0.717) is 5.69 Å². The highest BCUT2D eigenvalue weighted by Gasteiger charge is 2.48. The number of amides is 1. The average Bonchev–Trinajstić information content (AvgIpc) is 2.89. The molecule has 0 aromatic carbocycles. The third kappa shape index (κ3) is 2.17. The van der Waals surface area contributed by atoms with Crippen molar-refractivity contribution in [1.29, 1.82) is 0 Å². The minimum atomic E-state index is 0.126. The Morgan fingerprint density at radius 3 is 3.05 bits per heavy atom. The van der Waals surface area contributed by atoms with E-state index < -0.39 is 0 Å². The largest absolute Gasteiger partial charge is 0.335 e. The summed E-state index contributed by atoms with van der Waals surface area (Å²) < 4.78 is 0. The van der Waals surface area contributed by atoms with E-state index in [9.17, 15) is 4.79 Å². The maximum Gasteiger partial charge on any atom is 0.273 e. The molecule has 3 heterocycles. The summed E-state index contributed by atoms with van der Waals surface area (Å²) in [5.41, 5.74) is 2.65. The van der Waals surface area contributed by atoms with Crippen LogP contribution >= 0.6 is 11.3 Å². The number of carbonyl (C=O) groups excluding carboxylic acids is 1. The molecular formula is C15H21N3OS. The number of rotatable bonds is 3. The van der Waals surface area contributed by atoms with Crippen LogP contribution in [0.4, 0.5) is 0 Å². The first-order valence-corrected chi connectivity index (χ1v) is 8.64. The molecule has 1 aliphatic carbocycles. The minimum absolute atomic E-state index is 0.126. The Kier molecular flexibility index (Phi) is 3.07. The maximum absolute atomic E-state index is 12.4. The monoisotopic (exact) mass is 291 g/mol. The molecule has 20 heavy (non-hydrogen) atoms. The van der Waals surface area contributed by atoms with Gasteiger partial charge in [0.05, 0.1) is 5.51 Å². The normalized spacial score (nSPS) is 30.5. The van der Waals surface area contributed by atoms with E-state index in [1.807, 2.05) is 10.3 Å². The van der Waals surface area contributed by atoms with E-state index in [-0.39, 0.29) is 11.4 Å². The SMILES string of the molecule is O=C(c1cscn1)N1CCC2(CCCN2CC2CC2)C1. The molecule has 108 valence electrons. The van der Waals surface area contributed by atoms with Crippen molar-refractivity contribution in [1.82, 2.24) is 14.8 Å². The second kappa shape index (κ2) is 4.81. The minimum Gasteiger partial charge on any atom is -0.335 e. The van der Waals surface area contributed by atoms with Crippen LogP contribution in [-0.4, -0.2) is 52.4 Å². The van der Waals surface area contributed by atoms with E-state index in [1.54, 1.807) is 5.51 Å². The fourth-order valence-electron chi connectivity index (χ4n) is 3.86. The molecule has 1 saturated carbocycles. The van der Waals surface area contributed by atoms with Gasteiger partial charge in [0.1, 0.15) is 5.69 Å². The van der Waals surface area contributed by atoms with Gasteiger partial charge in [0.25, 0.3) is 5.91 Å². The van der Waals surface area contributed by atoms with E-state index >= 15 is 0 Å². The lowest BCUT2D eigenvalue weighted by Crippen LogP contribution is -2.47. The number of thiazole rings is 1. The molecule has 1 amide bonds. The van der Waals surface area contributed by atoms with Gasteiger partial charge in [-0.1, -0.05) is 0 Å². The molecule has 3 aliphatic rings. The Balaban J connectivity index is 1.47. The maximum atomic E-state index is 12.4. The standard InChI is InChI=1S/C15H21N3OS/c19-14(13-9-20-11-16-13)17-7-5-15(10-17)4-1-6-18(15)8-12-2-3-12/h9,11-12H,1-8,10H2. The second-order valence-corrected chi connectivity index (χ2v) is 7.29. The first-order valence-electron chi connectivity index (χ1n) is 7.69. The van der Waals surface area contributed by atoms with Crippen LogP contribution in [0.3, 0.4) is 0 Å². The lowest BCUT2D eigenvalue weighted by atomic mass is 9.95. The van der Waals surface area contributed by atoms with Gasteiger partial charge < -0.3 is 4.90 Å². The summed E-state index contributed by atoms with van der Waals surface area (Å²) in [5, 5.41) is 1.87. The van der Waals surface area contributed by atoms with Crippen LogP contribution in [0.2, 0.25) is 0 Å². The molecule has 1 spiro atoms. The van der Waals surface area contributed by atoms with Crippen LogP contribution in [0.15, 0.2) is 10.9 Å². The van der Waals surface area contributed by atoms with Crippen molar-refractivity contribution in [3.63, 3.8) is 0 Å². The van der Waals surface area contributed by atoms with E-state index in [1.165, 1.54) is 50.1 Å². The summed E-state index contributed by atoms with van der Waals surface area (Å²) in [6.45, 7) is 4.31. The van der Waals surface area contributed by atoms with Gasteiger partial charge >= 0.3 is 0 Å². The number of hydrogen-bond donors (Lipinski definition) is 0. The van der Waals surface area contributed by atoms with Gasteiger partial charge in [-0.3, -0.25) is 9.69 Å². The van der Waals surface area contributed by atoms with Crippen molar-refractivity contribution in [3.8, 4) is 0 Å². The number of hydrogen-bond acceptors (Lipinski definition) is 4. The summed E-state index contributed by atoms with van der Waals surface area (Å²) in [4.78, 5) is 21.3. The zero-order valence-electron chi connectivity index (χ0n) is 11.8. The average molecular weight is 291 g/mol. The lowest BCUT2D eigenvalue weighted by molar-refractivity contribution is 0.0739. The number of nitrogens with zero attached hydrogens (tertiary/aromatic N) is 3. The zero-order chi connectivity index (χ0) is 13.6. The zero-order valence-corrected chi connectivity index (χ0v) is 12.6. The quantitative estimate of drug-likeness (QED) is 0.857. The Morgan fingerprint density at radius 2 is 2.30 bits per heavy atom. The molecule has 4 nitrogen and oxygen atoms in total. The van der Waals surface area contributed by atoms with Gasteiger partial charge in [-0.2, -0.15) is 0 Å². The Morgan fingerprint density at radius 1 is 1.40 bits per heavy atom. The Hall–Kier alpha value is -0.940. The van der Waals surface area contributed by atoms with E-state index in [2.05, 4.69) is 9.88 Å². The molecule has 3 fully saturated rings. The smallest absolute Gasteiger partial charge is 0.273 e. The van der Waals surface area contributed by atoms with Crippen LogP contribution in [0.5, 0.6) is 0 Å². The van der Waals surface area contributed by atoms with Crippen LogP contribution in [0, 0.1) is 5.92 Å². The predicted molar refractivity (Wildman–Crippen MR) is 78.9 cm³/mol. The third-order valence-electron chi connectivity index (χ3n) is 5.19. The van der Waals surface area contributed by atoms with Crippen molar-refractivity contribution in [3.05, 3.63) is 16.6 Å². The fraction of sp³-hybridized carbons (Fsp3) is 0.733. The summed E-state index contributed by atoms with van der Waals surface area (Å²) >= 11 is 1.50. The molecule has 1 aromatic rings. The van der Waals surface area contributed by atoms with Gasteiger partial charge in [0.2, 0.25) is 0 Å². The Bertz CT molecular complexity index is 499. The van der Waals surface area contributed by atoms with E-state index in [0.717, 1.165) is 25.4 Å².